The molecule has 0 spiro atoms. The second kappa shape index (κ2) is 10.6. The molecule has 2 aromatic rings. The van der Waals surface area contributed by atoms with Crippen molar-refractivity contribution in [2.24, 2.45) is 0 Å². The highest BCUT2D eigenvalue weighted by Gasteiger charge is 2.29. The van der Waals surface area contributed by atoms with Crippen LogP contribution in [0.15, 0.2) is 53.4 Å². The van der Waals surface area contributed by atoms with Gasteiger partial charge < -0.3 is 15.4 Å². The van der Waals surface area contributed by atoms with Crippen molar-refractivity contribution in [2.45, 2.75) is 24.8 Å². The van der Waals surface area contributed by atoms with E-state index in [4.69, 9.17) is 4.74 Å². The largest absolute Gasteiger partial charge is 0.379 e. The van der Waals surface area contributed by atoms with Gasteiger partial charge in [0, 0.05) is 25.3 Å². The summed E-state index contributed by atoms with van der Waals surface area (Å²) in [5.41, 5.74) is 1.68. The van der Waals surface area contributed by atoms with Crippen LogP contribution in [-0.4, -0.2) is 57.5 Å². The van der Waals surface area contributed by atoms with Gasteiger partial charge in [0.1, 0.15) is 6.04 Å². The molecular weight excluding hydrogens is 432 g/mol. The highest BCUT2D eigenvalue weighted by Crippen LogP contribution is 2.27. The third-order valence-corrected chi connectivity index (χ3v) is 7.10. The van der Waals surface area contributed by atoms with Crippen LogP contribution < -0.4 is 16.0 Å². The van der Waals surface area contributed by atoms with E-state index < -0.39 is 28.0 Å². The Morgan fingerprint density at radius 2 is 1.78 bits per heavy atom. The van der Waals surface area contributed by atoms with Crippen LogP contribution in [0.5, 0.6) is 0 Å². The third kappa shape index (κ3) is 5.64. The van der Waals surface area contributed by atoms with Gasteiger partial charge in [-0.05, 0) is 37.1 Å². The first-order valence-electron chi connectivity index (χ1n) is 10.4. The molecule has 1 saturated heterocycles. The number of hydrogen-bond donors (Lipinski definition) is 3. The van der Waals surface area contributed by atoms with Crippen molar-refractivity contribution in [3.63, 3.8) is 0 Å². The molecule has 0 aromatic heterocycles. The minimum Gasteiger partial charge on any atom is -0.379 e. The Balaban J connectivity index is 1.90. The Morgan fingerprint density at radius 1 is 1.09 bits per heavy atom. The fourth-order valence-electron chi connectivity index (χ4n) is 3.40. The number of morpholine rings is 1. The number of nitrogens with one attached hydrogen (secondary N) is 3. The van der Waals surface area contributed by atoms with Gasteiger partial charge in [-0.3, -0.25) is 10.1 Å². The highest BCUT2D eigenvalue weighted by molar-refractivity contribution is 7.89. The number of hydrogen-bond acceptors (Lipinski definition) is 6. The van der Waals surface area contributed by atoms with Crippen molar-refractivity contribution in [3.05, 3.63) is 59.7 Å². The number of ether oxygens (including phenoxy) is 1. The van der Waals surface area contributed by atoms with Crippen LogP contribution in [-0.2, 0) is 19.6 Å². The molecule has 0 aliphatic carbocycles. The number of nitrogens with zero attached hydrogens (tertiary/aromatic N) is 1. The van der Waals surface area contributed by atoms with Crippen molar-refractivity contribution >= 4 is 27.6 Å². The fraction of sp³-hybridized carbons (Fsp3) is 0.364. The van der Waals surface area contributed by atoms with Crippen molar-refractivity contribution in [1.82, 2.24) is 14.9 Å². The maximum absolute atomic E-state index is 13.2. The van der Waals surface area contributed by atoms with Gasteiger partial charge in [-0.15, -0.1) is 0 Å². The fourth-order valence-corrected chi connectivity index (χ4v) is 5.05. The lowest BCUT2D eigenvalue weighted by Gasteiger charge is -2.27. The second-order valence-corrected chi connectivity index (χ2v) is 9.24. The lowest BCUT2D eigenvalue weighted by molar-refractivity contribution is -0.120. The molecule has 0 saturated carbocycles. The van der Waals surface area contributed by atoms with Gasteiger partial charge >= 0.3 is 6.03 Å². The molecule has 32 heavy (non-hydrogen) atoms. The quantitative estimate of drug-likeness (QED) is 0.582. The Bertz CT molecular complexity index is 1050. The third-order valence-electron chi connectivity index (χ3n) is 5.06. The molecule has 0 radical (unpaired) electrons. The number of urea groups is 1. The normalized spacial score (nSPS) is 15.6. The van der Waals surface area contributed by atoms with Crippen LogP contribution in [0.1, 0.15) is 24.1 Å². The number of rotatable bonds is 7. The summed E-state index contributed by atoms with van der Waals surface area (Å²) in [6.45, 7) is 5.15. The van der Waals surface area contributed by atoms with E-state index in [0.29, 0.717) is 49.7 Å². The van der Waals surface area contributed by atoms with Crippen LogP contribution in [0.3, 0.4) is 0 Å². The molecule has 3 rings (SSSR count). The molecule has 3 amide bonds. The minimum atomic E-state index is -3.71. The summed E-state index contributed by atoms with van der Waals surface area (Å²) in [5.74, 6) is -0.555. The molecular formula is C22H28N4O5S. The average molecular weight is 461 g/mol. The summed E-state index contributed by atoms with van der Waals surface area (Å²) in [5, 5.41) is 7.93. The lowest BCUT2D eigenvalue weighted by Crippen LogP contribution is -2.43. The van der Waals surface area contributed by atoms with Gasteiger partial charge in [0.2, 0.25) is 10.0 Å². The number of benzene rings is 2. The highest BCUT2D eigenvalue weighted by atomic mass is 32.2. The lowest BCUT2D eigenvalue weighted by atomic mass is 10.1. The number of aryl methyl sites for hydroxylation is 1. The summed E-state index contributed by atoms with van der Waals surface area (Å²) in [4.78, 5) is 24.9. The molecule has 1 heterocycles. The monoisotopic (exact) mass is 460 g/mol. The SMILES string of the molecule is CCNC(=O)NC(=O)[C@H](Nc1ccc(C)c(S(=O)(=O)N2CCOCC2)c1)c1ccccc1. The second-order valence-electron chi connectivity index (χ2n) is 7.33. The van der Waals surface area contributed by atoms with E-state index in [1.165, 1.54) is 10.4 Å². The van der Waals surface area contributed by atoms with Gasteiger partial charge in [0.15, 0.2) is 0 Å². The Labute approximate surface area is 188 Å². The Kier molecular flexibility index (Phi) is 7.84. The van der Waals surface area contributed by atoms with Gasteiger partial charge in [-0.1, -0.05) is 36.4 Å². The number of imide groups is 1. The average Bonchev–Trinajstić information content (AvgIpc) is 2.79. The smallest absolute Gasteiger partial charge is 0.321 e. The first-order valence-corrected chi connectivity index (χ1v) is 11.9. The standard InChI is InChI=1S/C22H28N4O5S/c1-3-23-22(28)25-21(27)20(17-7-5-4-6-8-17)24-18-10-9-16(2)19(15-18)32(29,30)26-11-13-31-14-12-26/h4-10,15,20,24H,3,11-14H2,1-2H3,(H2,23,25,27,28)/t20-/m1/s1. The van der Waals surface area contributed by atoms with Gasteiger partial charge in [-0.25, -0.2) is 13.2 Å². The van der Waals surface area contributed by atoms with Crippen LogP contribution in [0, 0.1) is 6.92 Å². The van der Waals surface area contributed by atoms with Crippen molar-refractivity contribution in [2.75, 3.05) is 38.2 Å². The molecule has 3 N–H and O–H groups in total. The van der Waals surface area contributed by atoms with Crippen molar-refractivity contribution in [1.29, 1.82) is 0 Å². The number of sulfonamides is 1. The minimum absolute atomic E-state index is 0.167. The zero-order chi connectivity index (χ0) is 23.1. The molecule has 1 aliphatic heterocycles. The summed E-state index contributed by atoms with van der Waals surface area (Å²) >= 11 is 0. The molecule has 9 nitrogen and oxygen atoms in total. The molecule has 2 aromatic carbocycles. The van der Waals surface area contributed by atoms with Crippen LogP contribution in [0.2, 0.25) is 0 Å². The molecule has 172 valence electrons. The van der Waals surface area contributed by atoms with Crippen molar-refractivity contribution in [3.8, 4) is 0 Å². The molecule has 1 aliphatic rings. The number of anilines is 1. The summed E-state index contributed by atoms with van der Waals surface area (Å²) < 4.78 is 33.0. The first kappa shape index (κ1) is 23.7. The molecule has 10 heteroatoms. The van der Waals surface area contributed by atoms with Crippen LogP contribution in [0.25, 0.3) is 0 Å². The van der Waals surface area contributed by atoms with Gasteiger partial charge in [0.05, 0.1) is 18.1 Å². The Hall–Kier alpha value is -2.95. The van der Waals surface area contributed by atoms with Crippen LogP contribution in [0.4, 0.5) is 10.5 Å². The molecule has 1 fully saturated rings. The predicted molar refractivity (Wildman–Crippen MR) is 121 cm³/mol. The maximum atomic E-state index is 13.2. The van der Waals surface area contributed by atoms with Gasteiger partial charge in [0.25, 0.3) is 5.91 Å². The van der Waals surface area contributed by atoms with E-state index in [1.807, 2.05) is 6.07 Å². The molecule has 1 atom stereocenters. The van der Waals surface area contributed by atoms with E-state index in [1.54, 1.807) is 50.2 Å². The maximum Gasteiger partial charge on any atom is 0.321 e. The molecule has 0 unspecified atom stereocenters. The number of carbonyl (C=O) groups is 2. The van der Waals surface area contributed by atoms with E-state index in [-0.39, 0.29) is 4.90 Å². The zero-order valence-corrected chi connectivity index (χ0v) is 18.9. The van der Waals surface area contributed by atoms with Gasteiger partial charge in [-0.2, -0.15) is 4.31 Å². The van der Waals surface area contributed by atoms with Crippen LogP contribution >= 0.6 is 0 Å². The van der Waals surface area contributed by atoms with Crippen molar-refractivity contribution < 1.29 is 22.7 Å². The van der Waals surface area contributed by atoms with E-state index in [2.05, 4.69) is 16.0 Å². The number of amides is 3. The first-order chi connectivity index (χ1) is 15.3. The van der Waals surface area contributed by atoms with E-state index in [0.717, 1.165) is 0 Å². The summed E-state index contributed by atoms with van der Waals surface area (Å²) in [6.07, 6.45) is 0. The topological polar surface area (TPSA) is 117 Å². The zero-order valence-electron chi connectivity index (χ0n) is 18.1. The number of carbonyl (C=O) groups excluding carboxylic acids is 2. The summed E-state index contributed by atoms with van der Waals surface area (Å²) in [7, 11) is -3.71. The predicted octanol–water partition coefficient (Wildman–Crippen LogP) is 2.01. The van der Waals surface area contributed by atoms with E-state index in [9.17, 15) is 18.0 Å². The van der Waals surface area contributed by atoms with E-state index >= 15 is 0 Å². The Morgan fingerprint density at radius 3 is 2.44 bits per heavy atom. The summed E-state index contributed by atoms with van der Waals surface area (Å²) in [6, 6.07) is 12.3. The molecule has 0 bridgehead atoms.